The lowest BCUT2D eigenvalue weighted by atomic mass is 10.2. The molecular formula is C12H16BrNO3S. The molecule has 4 nitrogen and oxygen atoms in total. The number of ether oxygens (including phenoxy) is 1. The quantitative estimate of drug-likeness (QED) is 0.851. The molecule has 100 valence electrons. The Hall–Kier alpha value is -0.430. The van der Waals surface area contributed by atoms with Gasteiger partial charge in [-0.3, -0.25) is 0 Å². The zero-order valence-corrected chi connectivity index (χ0v) is 12.8. The molecule has 1 unspecified atom stereocenters. The van der Waals surface area contributed by atoms with E-state index >= 15 is 0 Å². The predicted molar refractivity (Wildman–Crippen MR) is 73.1 cm³/mol. The third kappa shape index (κ3) is 2.61. The van der Waals surface area contributed by atoms with Gasteiger partial charge in [0.1, 0.15) is 0 Å². The Morgan fingerprint density at radius 2 is 2.17 bits per heavy atom. The molecule has 2 rings (SSSR count). The molecule has 1 aromatic rings. The van der Waals surface area contributed by atoms with Crippen LogP contribution in [0.1, 0.15) is 12.0 Å². The van der Waals surface area contributed by atoms with Crippen molar-refractivity contribution in [3.05, 3.63) is 28.2 Å². The van der Waals surface area contributed by atoms with Crippen molar-refractivity contribution >= 4 is 26.0 Å². The van der Waals surface area contributed by atoms with Crippen LogP contribution in [0.5, 0.6) is 0 Å². The second-order valence-electron chi connectivity index (χ2n) is 4.42. The van der Waals surface area contributed by atoms with E-state index < -0.39 is 10.0 Å². The highest BCUT2D eigenvalue weighted by Crippen LogP contribution is 2.26. The molecule has 0 aromatic heterocycles. The van der Waals surface area contributed by atoms with E-state index in [2.05, 4.69) is 15.9 Å². The summed E-state index contributed by atoms with van der Waals surface area (Å²) in [6.07, 6.45) is 0.759. The maximum atomic E-state index is 12.5. The first-order chi connectivity index (χ1) is 8.45. The zero-order valence-electron chi connectivity index (χ0n) is 10.4. The Bertz CT molecular complexity index is 544. The molecule has 1 atom stereocenters. The van der Waals surface area contributed by atoms with Crippen molar-refractivity contribution in [1.82, 2.24) is 4.31 Å². The molecule has 0 N–H and O–H groups in total. The minimum atomic E-state index is -3.41. The van der Waals surface area contributed by atoms with Gasteiger partial charge in [-0.25, -0.2) is 8.42 Å². The van der Waals surface area contributed by atoms with Gasteiger partial charge in [-0.1, -0.05) is 22.0 Å². The predicted octanol–water partition coefficient (Wildman–Crippen LogP) is 2.17. The van der Waals surface area contributed by atoms with Crippen LogP contribution >= 0.6 is 15.9 Å². The first-order valence-corrected chi connectivity index (χ1v) is 7.97. The van der Waals surface area contributed by atoms with Crippen molar-refractivity contribution < 1.29 is 13.2 Å². The van der Waals surface area contributed by atoms with Gasteiger partial charge in [-0.2, -0.15) is 4.31 Å². The van der Waals surface area contributed by atoms with Gasteiger partial charge in [-0.05, 0) is 31.0 Å². The van der Waals surface area contributed by atoms with E-state index in [-0.39, 0.29) is 6.10 Å². The summed E-state index contributed by atoms with van der Waals surface area (Å²) in [4.78, 5) is 0.369. The number of methoxy groups -OCH3 is 1. The fourth-order valence-corrected chi connectivity index (χ4v) is 4.35. The van der Waals surface area contributed by atoms with Crippen LogP contribution < -0.4 is 0 Å². The number of halogens is 1. The topological polar surface area (TPSA) is 46.6 Å². The van der Waals surface area contributed by atoms with Crippen molar-refractivity contribution in [3.63, 3.8) is 0 Å². The third-order valence-corrected chi connectivity index (χ3v) is 5.71. The summed E-state index contributed by atoms with van der Waals surface area (Å²) < 4.78 is 32.5. The summed E-state index contributed by atoms with van der Waals surface area (Å²) in [5.41, 5.74) is 0.763. The second-order valence-corrected chi connectivity index (χ2v) is 7.24. The van der Waals surface area contributed by atoms with Crippen LogP contribution in [-0.2, 0) is 14.8 Å². The molecule has 0 aliphatic carbocycles. The molecule has 1 heterocycles. The molecule has 0 bridgehead atoms. The maximum Gasteiger partial charge on any atom is 0.243 e. The van der Waals surface area contributed by atoms with E-state index in [0.717, 1.165) is 16.5 Å². The minimum absolute atomic E-state index is 0.00670. The van der Waals surface area contributed by atoms with E-state index in [0.29, 0.717) is 18.0 Å². The molecule has 0 saturated carbocycles. The fourth-order valence-electron chi connectivity index (χ4n) is 2.10. The molecular weight excluding hydrogens is 318 g/mol. The summed E-state index contributed by atoms with van der Waals surface area (Å²) in [5.74, 6) is 0. The fraction of sp³-hybridized carbons (Fsp3) is 0.500. The van der Waals surface area contributed by atoms with Crippen LogP contribution in [0.15, 0.2) is 27.6 Å². The largest absolute Gasteiger partial charge is 0.380 e. The summed E-state index contributed by atoms with van der Waals surface area (Å²) in [6.45, 7) is 2.76. The van der Waals surface area contributed by atoms with Gasteiger partial charge in [0, 0.05) is 24.7 Å². The number of sulfonamides is 1. The standard InChI is InChI=1S/C12H16BrNO3S/c1-9-3-4-10(13)7-12(9)18(15,16)14-6-5-11(8-14)17-2/h3-4,7,11H,5-6,8H2,1-2H3. The molecule has 1 aliphatic rings. The Balaban J connectivity index is 2.34. The Morgan fingerprint density at radius 1 is 1.44 bits per heavy atom. The number of rotatable bonds is 3. The van der Waals surface area contributed by atoms with Crippen molar-refractivity contribution in [2.75, 3.05) is 20.2 Å². The average Bonchev–Trinajstić information content (AvgIpc) is 2.81. The van der Waals surface area contributed by atoms with Gasteiger partial charge < -0.3 is 4.74 Å². The normalized spacial score (nSPS) is 21.4. The molecule has 1 aromatic carbocycles. The highest BCUT2D eigenvalue weighted by atomic mass is 79.9. The number of benzene rings is 1. The van der Waals surface area contributed by atoms with E-state index in [1.807, 2.05) is 13.0 Å². The van der Waals surface area contributed by atoms with Crippen LogP contribution in [0.3, 0.4) is 0 Å². The van der Waals surface area contributed by atoms with Crippen LogP contribution in [0.25, 0.3) is 0 Å². The average molecular weight is 334 g/mol. The van der Waals surface area contributed by atoms with E-state index in [9.17, 15) is 8.42 Å². The number of hydrogen-bond donors (Lipinski definition) is 0. The summed E-state index contributed by atoms with van der Waals surface area (Å²) >= 11 is 3.32. The first-order valence-electron chi connectivity index (χ1n) is 5.74. The molecule has 1 aliphatic heterocycles. The van der Waals surface area contributed by atoms with E-state index in [1.54, 1.807) is 19.2 Å². The third-order valence-electron chi connectivity index (χ3n) is 3.21. The van der Waals surface area contributed by atoms with Gasteiger partial charge in [-0.15, -0.1) is 0 Å². The molecule has 0 spiro atoms. The van der Waals surface area contributed by atoms with Gasteiger partial charge >= 0.3 is 0 Å². The van der Waals surface area contributed by atoms with Crippen LogP contribution in [0.2, 0.25) is 0 Å². The summed E-state index contributed by atoms with van der Waals surface area (Å²) in [7, 11) is -1.80. The first kappa shape index (κ1) is 14.0. The molecule has 6 heteroatoms. The minimum Gasteiger partial charge on any atom is -0.380 e. The lowest BCUT2D eigenvalue weighted by Gasteiger charge is -2.18. The summed E-state index contributed by atoms with van der Waals surface area (Å²) in [6, 6.07) is 5.31. The molecule has 1 fully saturated rings. The number of nitrogens with zero attached hydrogens (tertiary/aromatic N) is 1. The number of hydrogen-bond acceptors (Lipinski definition) is 3. The van der Waals surface area contributed by atoms with Crippen molar-refractivity contribution in [3.8, 4) is 0 Å². The van der Waals surface area contributed by atoms with Crippen molar-refractivity contribution in [2.24, 2.45) is 0 Å². The highest BCUT2D eigenvalue weighted by Gasteiger charge is 2.33. The van der Waals surface area contributed by atoms with Crippen molar-refractivity contribution in [1.29, 1.82) is 0 Å². The molecule has 0 amide bonds. The lowest BCUT2D eigenvalue weighted by Crippen LogP contribution is -2.30. The lowest BCUT2D eigenvalue weighted by molar-refractivity contribution is 0.115. The Kier molecular flexibility index (Phi) is 4.11. The zero-order chi connectivity index (χ0) is 13.3. The maximum absolute atomic E-state index is 12.5. The monoisotopic (exact) mass is 333 g/mol. The Labute approximate surface area is 116 Å². The van der Waals surface area contributed by atoms with E-state index in [4.69, 9.17) is 4.74 Å². The van der Waals surface area contributed by atoms with Gasteiger partial charge in [0.2, 0.25) is 10.0 Å². The molecule has 18 heavy (non-hydrogen) atoms. The van der Waals surface area contributed by atoms with E-state index in [1.165, 1.54) is 4.31 Å². The van der Waals surface area contributed by atoms with Gasteiger partial charge in [0.05, 0.1) is 11.0 Å². The van der Waals surface area contributed by atoms with Crippen LogP contribution in [0.4, 0.5) is 0 Å². The van der Waals surface area contributed by atoms with Crippen LogP contribution in [-0.4, -0.2) is 39.0 Å². The SMILES string of the molecule is COC1CCN(S(=O)(=O)c2cc(Br)ccc2C)C1. The van der Waals surface area contributed by atoms with Gasteiger partial charge in [0.15, 0.2) is 0 Å². The Morgan fingerprint density at radius 3 is 2.78 bits per heavy atom. The van der Waals surface area contributed by atoms with Crippen molar-refractivity contribution in [2.45, 2.75) is 24.3 Å². The molecule has 1 saturated heterocycles. The number of aryl methyl sites for hydroxylation is 1. The molecule has 0 radical (unpaired) electrons. The van der Waals surface area contributed by atoms with Crippen LogP contribution in [0, 0.1) is 6.92 Å². The van der Waals surface area contributed by atoms with Gasteiger partial charge in [0.25, 0.3) is 0 Å². The smallest absolute Gasteiger partial charge is 0.243 e. The highest BCUT2D eigenvalue weighted by molar-refractivity contribution is 9.10. The second kappa shape index (κ2) is 5.28. The summed E-state index contributed by atoms with van der Waals surface area (Å²) in [5, 5.41) is 0.